The molecule has 0 spiro atoms. The lowest BCUT2D eigenvalue weighted by Gasteiger charge is -2.33. The molecule has 4 aromatic rings. The van der Waals surface area contributed by atoms with Gasteiger partial charge in [-0.05, 0) is 49.8 Å². The summed E-state index contributed by atoms with van der Waals surface area (Å²) in [6.07, 6.45) is 4.41. The Hall–Kier alpha value is -3.31. The number of aliphatic hydroxyl groups excluding tert-OH is 1. The number of imidazole rings is 1. The average Bonchev–Trinajstić information content (AvgIpc) is 3.77. The van der Waals surface area contributed by atoms with Gasteiger partial charge in [0.2, 0.25) is 5.91 Å². The number of nitrogens with zero attached hydrogens (tertiary/aromatic N) is 5. The minimum Gasteiger partial charge on any atom is -0.391 e. The summed E-state index contributed by atoms with van der Waals surface area (Å²) < 4.78 is 7.63. The molecule has 9 nitrogen and oxygen atoms in total. The third-order valence-electron chi connectivity index (χ3n) is 8.66. The van der Waals surface area contributed by atoms with Gasteiger partial charge in [-0.15, -0.1) is 11.3 Å². The number of anilines is 1. The number of likely N-dealkylation sites (tertiary alicyclic amines) is 1. The molecule has 0 bridgehead atoms. The van der Waals surface area contributed by atoms with Crippen molar-refractivity contribution in [2.75, 3.05) is 44.8 Å². The predicted molar refractivity (Wildman–Crippen MR) is 171 cm³/mol. The lowest BCUT2D eigenvalue weighted by Crippen LogP contribution is -2.42. The number of carbonyl (C=O) groups excluding carboxylic acids is 1. The predicted octanol–water partition coefficient (Wildman–Crippen LogP) is 4.43. The SMILES string of the molecule is COCCCn1c([C@@H]2CCCN(C(=O)C[C@H](N)Cc3ccc(-c4csc(N5CC[C@H](O)C5)n4)cc3)C2)nc2ccccc21. The van der Waals surface area contributed by atoms with E-state index in [9.17, 15) is 9.90 Å². The number of amides is 1. The molecule has 3 N–H and O–H groups in total. The highest BCUT2D eigenvalue weighted by Gasteiger charge is 2.29. The largest absolute Gasteiger partial charge is 0.391 e. The van der Waals surface area contributed by atoms with Crippen molar-refractivity contribution in [3.63, 3.8) is 0 Å². The second-order valence-corrected chi connectivity index (χ2v) is 12.7. The molecule has 10 heteroatoms. The van der Waals surface area contributed by atoms with Gasteiger partial charge in [-0.2, -0.15) is 0 Å². The van der Waals surface area contributed by atoms with Crippen LogP contribution in [0.5, 0.6) is 0 Å². The van der Waals surface area contributed by atoms with Gasteiger partial charge in [0, 0.05) is 75.8 Å². The van der Waals surface area contributed by atoms with Crippen LogP contribution in [0.2, 0.25) is 0 Å². The maximum Gasteiger partial charge on any atom is 0.224 e. The van der Waals surface area contributed by atoms with Gasteiger partial charge in [0.15, 0.2) is 5.13 Å². The van der Waals surface area contributed by atoms with E-state index in [-0.39, 0.29) is 24.0 Å². The van der Waals surface area contributed by atoms with E-state index < -0.39 is 0 Å². The zero-order chi connectivity index (χ0) is 29.8. The molecular formula is C33H42N6O3S. The molecule has 2 fully saturated rings. The average molecular weight is 603 g/mol. The van der Waals surface area contributed by atoms with Crippen LogP contribution in [0.3, 0.4) is 0 Å². The maximum atomic E-state index is 13.4. The molecule has 0 aliphatic carbocycles. The number of aryl methyl sites for hydroxylation is 1. The van der Waals surface area contributed by atoms with Crippen molar-refractivity contribution in [1.82, 2.24) is 19.4 Å². The summed E-state index contributed by atoms with van der Waals surface area (Å²) in [6.45, 7) is 4.50. The molecule has 4 heterocycles. The smallest absolute Gasteiger partial charge is 0.224 e. The third-order valence-corrected chi connectivity index (χ3v) is 9.57. The Labute approximate surface area is 257 Å². The van der Waals surface area contributed by atoms with Crippen LogP contribution in [0.15, 0.2) is 53.9 Å². The molecule has 0 unspecified atom stereocenters. The first-order valence-corrected chi connectivity index (χ1v) is 16.3. The molecule has 2 aromatic heterocycles. The quantitative estimate of drug-likeness (QED) is 0.245. The van der Waals surface area contributed by atoms with Crippen molar-refractivity contribution < 1.29 is 14.6 Å². The molecule has 6 rings (SSSR count). The fraction of sp³-hybridized carbons (Fsp3) is 0.485. The highest BCUT2D eigenvalue weighted by molar-refractivity contribution is 7.14. The van der Waals surface area contributed by atoms with Crippen molar-refractivity contribution >= 4 is 33.4 Å². The Morgan fingerprint density at radius 2 is 1.95 bits per heavy atom. The van der Waals surface area contributed by atoms with Crippen molar-refractivity contribution in [2.24, 2.45) is 5.73 Å². The number of piperidine rings is 1. The summed E-state index contributed by atoms with van der Waals surface area (Å²) in [5.74, 6) is 1.40. The van der Waals surface area contributed by atoms with Crippen LogP contribution in [0.4, 0.5) is 5.13 Å². The Balaban J connectivity index is 1.05. The number of nitrogens with two attached hydrogens (primary N) is 1. The minimum absolute atomic E-state index is 0.123. The number of fused-ring (bicyclic) bond motifs is 1. The molecule has 3 atom stereocenters. The molecular weight excluding hydrogens is 560 g/mol. The minimum atomic E-state index is -0.264. The molecule has 43 heavy (non-hydrogen) atoms. The van der Waals surface area contributed by atoms with Gasteiger partial charge in [0.1, 0.15) is 5.82 Å². The fourth-order valence-corrected chi connectivity index (χ4v) is 7.29. The van der Waals surface area contributed by atoms with Gasteiger partial charge in [0.05, 0.1) is 22.8 Å². The normalized spacial score (nSPS) is 19.8. The lowest BCUT2D eigenvalue weighted by atomic mass is 9.95. The molecule has 2 aliphatic heterocycles. The van der Waals surface area contributed by atoms with Crippen molar-refractivity contribution in [2.45, 2.75) is 63.1 Å². The first-order valence-electron chi connectivity index (χ1n) is 15.4. The Kier molecular flexibility index (Phi) is 9.37. The van der Waals surface area contributed by atoms with Crippen LogP contribution >= 0.6 is 11.3 Å². The summed E-state index contributed by atoms with van der Waals surface area (Å²) in [5, 5.41) is 12.9. The second kappa shape index (κ2) is 13.5. The summed E-state index contributed by atoms with van der Waals surface area (Å²) >= 11 is 1.61. The van der Waals surface area contributed by atoms with E-state index in [0.29, 0.717) is 32.5 Å². The van der Waals surface area contributed by atoms with Crippen LogP contribution in [0, 0.1) is 0 Å². The number of thiazole rings is 1. The van der Waals surface area contributed by atoms with E-state index in [0.717, 1.165) is 84.1 Å². The monoisotopic (exact) mass is 602 g/mol. The zero-order valence-corrected chi connectivity index (χ0v) is 25.7. The Morgan fingerprint density at radius 3 is 2.74 bits per heavy atom. The van der Waals surface area contributed by atoms with Crippen LogP contribution in [0.25, 0.3) is 22.3 Å². The van der Waals surface area contributed by atoms with Crippen molar-refractivity contribution in [3.8, 4) is 11.3 Å². The maximum absolute atomic E-state index is 13.4. The molecule has 0 saturated carbocycles. The van der Waals surface area contributed by atoms with Crippen molar-refractivity contribution in [1.29, 1.82) is 0 Å². The zero-order valence-electron chi connectivity index (χ0n) is 24.9. The third kappa shape index (κ3) is 6.93. The van der Waals surface area contributed by atoms with Gasteiger partial charge in [0.25, 0.3) is 0 Å². The number of para-hydroxylation sites is 2. The molecule has 2 aliphatic rings. The molecule has 2 aromatic carbocycles. The van der Waals surface area contributed by atoms with Crippen LogP contribution in [0.1, 0.15) is 49.4 Å². The van der Waals surface area contributed by atoms with Gasteiger partial charge >= 0.3 is 0 Å². The molecule has 2 saturated heterocycles. The number of aromatic nitrogens is 3. The number of benzene rings is 2. The van der Waals surface area contributed by atoms with Gasteiger partial charge in [-0.25, -0.2) is 9.97 Å². The van der Waals surface area contributed by atoms with E-state index >= 15 is 0 Å². The number of ether oxygens (including phenoxy) is 1. The standard InChI is InChI=1S/C33H42N6O3S/c1-42-17-5-15-39-30-8-3-2-7-28(30)35-32(39)25-6-4-14-37(20-25)31(41)19-26(34)18-23-9-11-24(12-10-23)29-22-43-33(36-29)38-16-13-27(40)21-38/h2-3,7-12,22,25-27,40H,4-6,13-21,34H2,1H3/t25-,26-,27+/m1/s1. The summed E-state index contributed by atoms with van der Waals surface area (Å²) in [4.78, 5) is 27.3. The Bertz CT molecular complexity index is 1520. The van der Waals surface area contributed by atoms with Crippen LogP contribution < -0.4 is 10.6 Å². The fourth-order valence-electron chi connectivity index (χ4n) is 6.42. The number of methoxy groups -OCH3 is 1. The summed E-state index contributed by atoms with van der Waals surface area (Å²) in [7, 11) is 1.73. The van der Waals surface area contributed by atoms with Gasteiger partial charge in [-0.1, -0.05) is 36.4 Å². The van der Waals surface area contributed by atoms with E-state index in [4.69, 9.17) is 20.4 Å². The lowest BCUT2D eigenvalue weighted by molar-refractivity contribution is -0.132. The topological polar surface area (TPSA) is 110 Å². The molecule has 1 amide bonds. The van der Waals surface area contributed by atoms with Crippen LogP contribution in [-0.2, 0) is 22.5 Å². The number of carbonyl (C=O) groups is 1. The van der Waals surface area contributed by atoms with E-state index in [1.807, 2.05) is 11.0 Å². The first kappa shape index (κ1) is 29.7. The van der Waals surface area contributed by atoms with E-state index in [2.05, 4.69) is 57.3 Å². The molecule has 228 valence electrons. The second-order valence-electron chi connectivity index (χ2n) is 11.9. The van der Waals surface area contributed by atoms with Crippen LogP contribution in [-0.4, -0.2) is 82.5 Å². The molecule has 0 radical (unpaired) electrons. The highest BCUT2D eigenvalue weighted by Crippen LogP contribution is 2.31. The van der Waals surface area contributed by atoms with E-state index in [1.165, 1.54) is 0 Å². The highest BCUT2D eigenvalue weighted by atomic mass is 32.1. The van der Waals surface area contributed by atoms with Gasteiger partial charge < -0.3 is 29.9 Å². The van der Waals surface area contributed by atoms with Crippen molar-refractivity contribution in [3.05, 3.63) is 65.3 Å². The first-order chi connectivity index (χ1) is 21.0. The number of hydrogen-bond acceptors (Lipinski definition) is 8. The summed E-state index contributed by atoms with van der Waals surface area (Å²) in [6, 6.07) is 16.4. The number of hydrogen-bond donors (Lipinski definition) is 2. The van der Waals surface area contributed by atoms with E-state index in [1.54, 1.807) is 18.4 Å². The Morgan fingerprint density at radius 1 is 1.12 bits per heavy atom. The number of aliphatic hydroxyl groups is 1. The number of β-amino-alcohol motifs (C(OH)–C–C–N with tert-alkyl or cyclic N) is 1. The van der Waals surface area contributed by atoms with Gasteiger partial charge in [-0.3, -0.25) is 4.79 Å². The number of rotatable bonds is 11. The summed E-state index contributed by atoms with van der Waals surface area (Å²) in [5.41, 5.74) is 11.8.